The Morgan fingerprint density at radius 2 is 2.12 bits per heavy atom. The number of hydrogen-bond donors (Lipinski definition) is 0. The van der Waals surface area contributed by atoms with E-state index in [4.69, 9.17) is 0 Å². The van der Waals surface area contributed by atoms with Crippen LogP contribution in [-0.4, -0.2) is 48.8 Å². The van der Waals surface area contributed by atoms with Gasteiger partial charge in [0.05, 0.1) is 11.5 Å². The lowest BCUT2D eigenvalue weighted by atomic mass is 10.1. The Morgan fingerprint density at radius 3 is 2.80 bits per heavy atom. The van der Waals surface area contributed by atoms with E-state index in [1.54, 1.807) is 37.5 Å². The van der Waals surface area contributed by atoms with E-state index in [9.17, 15) is 17.6 Å². The zero-order valence-corrected chi connectivity index (χ0v) is 14.7. The Hall–Kier alpha value is -2.28. The first kappa shape index (κ1) is 17.5. The van der Waals surface area contributed by atoms with Crippen molar-refractivity contribution in [3.05, 3.63) is 65.2 Å². The lowest BCUT2D eigenvalue weighted by molar-refractivity contribution is 0.0747. The van der Waals surface area contributed by atoms with Crippen molar-refractivity contribution in [1.29, 1.82) is 0 Å². The molecule has 1 aliphatic rings. The topological polar surface area (TPSA) is 67.3 Å². The summed E-state index contributed by atoms with van der Waals surface area (Å²) in [5.41, 5.74) is 1.88. The van der Waals surface area contributed by atoms with Gasteiger partial charge in [0.15, 0.2) is 9.84 Å². The summed E-state index contributed by atoms with van der Waals surface area (Å²) in [5.74, 6) is -0.413. The summed E-state index contributed by atoms with van der Waals surface area (Å²) in [4.78, 5) is 18.4. The van der Waals surface area contributed by atoms with Crippen molar-refractivity contribution in [3.63, 3.8) is 0 Å². The van der Waals surface area contributed by atoms with E-state index in [1.807, 2.05) is 0 Å². The maximum Gasteiger partial charge on any atom is 0.253 e. The predicted octanol–water partition coefficient (Wildman–Crippen LogP) is 2.07. The van der Waals surface area contributed by atoms with E-state index in [-0.39, 0.29) is 29.3 Å². The number of carbonyl (C=O) groups is 1. The minimum Gasteiger partial charge on any atom is -0.338 e. The first-order chi connectivity index (χ1) is 11.8. The standard InChI is InChI=1S/C18H19FN2O3S/c1-21(17-6-8-25(23,24)12-17)18(22)14-5-7-20-16(11-14)10-13-3-2-4-15(19)9-13/h2-5,7,9,11,17H,6,8,10,12H2,1H3. The van der Waals surface area contributed by atoms with Crippen molar-refractivity contribution in [2.45, 2.75) is 18.9 Å². The highest BCUT2D eigenvalue weighted by molar-refractivity contribution is 7.91. The molecule has 1 amide bonds. The van der Waals surface area contributed by atoms with Gasteiger partial charge >= 0.3 is 0 Å². The van der Waals surface area contributed by atoms with Gasteiger partial charge in [0.1, 0.15) is 5.82 Å². The molecule has 0 bridgehead atoms. The molecule has 132 valence electrons. The van der Waals surface area contributed by atoms with Crippen molar-refractivity contribution in [1.82, 2.24) is 9.88 Å². The predicted molar refractivity (Wildman–Crippen MR) is 92.6 cm³/mol. The van der Waals surface area contributed by atoms with Gasteiger partial charge in [-0.3, -0.25) is 9.78 Å². The van der Waals surface area contributed by atoms with Crippen LogP contribution in [0.3, 0.4) is 0 Å². The quantitative estimate of drug-likeness (QED) is 0.835. The van der Waals surface area contributed by atoms with Gasteiger partial charge < -0.3 is 4.90 Å². The van der Waals surface area contributed by atoms with Crippen molar-refractivity contribution >= 4 is 15.7 Å². The summed E-state index contributed by atoms with van der Waals surface area (Å²) in [6.07, 6.45) is 2.42. The van der Waals surface area contributed by atoms with Crippen LogP contribution in [0.2, 0.25) is 0 Å². The monoisotopic (exact) mass is 362 g/mol. The fraction of sp³-hybridized carbons (Fsp3) is 0.333. The molecule has 2 heterocycles. The molecular weight excluding hydrogens is 343 g/mol. The SMILES string of the molecule is CN(C(=O)c1ccnc(Cc2cccc(F)c2)c1)C1CCS(=O)(=O)C1. The summed E-state index contributed by atoms with van der Waals surface area (Å²) in [6.45, 7) is 0. The van der Waals surface area contributed by atoms with Gasteiger partial charge in [0.2, 0.25) is 0 Å². The van der Waals surface area contributed by atoms with E-state index in [0.29, 0.717) is 24.1 Å². The molecule has 1 unspecified atom stereocenters. The Balaban J connectivity index is 1.75. The van der Waals surface area contributed by atoms with Crippen LogP contribution >= 0.6 is 0 Å². The number of nitrogens with zero attached hydrogens (tertiary/aromatic N) is 2. The van der Waals surface area contributed by atoms with Crippen LogP contribution in [0.1, 0.15) is 28.0 Å². The molecule has 1 aromatic heterocycles. The number of pyridine rings is 1. The van der Waals surface area contributed by atoms with Gasteiger partial charge in [-0.25, -0.2) is 12.8 Å². The van der Waals surface area contributed by atoms with Crippen LogP contribution in [0.25, 0.3) is 0 Å². The largest absolute Gasteiger partial charge is 0.338 e. The first-order valence-electron chi connectivity index (χ1n) is 8.01. The fourth-order valence-electron chi connectivity index (χ4n) is 3.01. The summed E-state index contributed by atoms with van der Waals surface area (Å²) in [6, 6.07) is 9.23. The van der Waals surface area contributed by atoms with E-state index >= 15 is 0 Å². The molecule has 25 heavy (non-hydrogen) atoms. The third-order valence-electron chi connectivity index (χ3n) is 4.41. The number of aromatic nitrogens is 1. The highest BCUT2D eigenvalue weighted by atomic mass is 32.2. The molecule has 3 rings (SSSR count). The number of amides is 1. The third kappa shape index (κ3) is 4.22. The average molecular weight is 362 g/mol. The number of carbonyl (C=O) groups excluding carboxylic acids is 1. The van der Waals surface area contributed by atoms with Gasteiger partial charge in [0.25, 0.3) is 5.91 Å². The second-order valence-corrected chi connectivity index (χ2v) is 8.54. The summed E-state index contributed by atoms with van der Waals surface area (Å²) >= 11 is 0. The molecule has 7 heteroatoms. The summed E-state index contributed by atoms with van der Waals surface area (Å²) in [7, 11) is -1.43. The molecule has 1 fully saturated rings. The van der Waals surface area contributed by atoms with Crippen molar-refractivity contribution in [2.75, 3.05) is 18.6 Å². The molecule has 0 radical (unpaired) electrons. The van der Waals surface area contributed by atoms with Crippen LogP contribution in [0.4, 0.5) is 4.39 Å². The average Bonchev–Trinajstić information content (AvgIpc) is 2.94. The molecule has 0 N–H and O–H groups in total. The molecule has 1 aromatic carbocycles. The first-order valence-corrected chi connectivity index (χ1v) is 9.83. The maximum atomic E-state index is 13.3. The third-order valence-corrected chi connectivity index (χ3v) is 6.16. The van der Waals surface area contributed by atoms with E-state index < -0.39 is 9.84 Å². The summed E-state index contributed by atoms with van der Waals surface area (Å²) < 4.78 is 36.5. The van der Waals surface area contributed by atoms with E-state index in [2.05, 4.69) is 4.98 Å². The Morgan fingerprint density at radius 1 is 1.32 bits per heavy atom. The van der Waals surface area contributed by atoms with Gasteiger partial charge in [-0.2, -0.15) is 0 Å². The van der Waals surface area contributed by atoms with Crippen LogP contribution in [0.5, 0.6) is 0 Å². The number of halogens is 1. The molecule has 5 nitrogen and oxygen atoms in total. The van der Waals surface area contributed by atoms with Crippen LogP contribution in [0, 0.1) is 5.82 Å². The second kappa shape index (κ2) is 6.92. The number of benzene rings is 1. The highest BCUT2D eigenvalue weighted by Gasteiger charge is 2.33. The lowest BCUT2D eigenvalue weighted by Crippen LogP contribution is -2.37. The molecule has 0 aliphatic carbocycles. The molecule has 0 saturated carbocycles. The zero-order chi connectivity index (χ0) is 18.0. The smallest absolute Gasteiger partial charge is 0.253 e. The Labute approximate surface area is 146 Å². The maximum absolute atomic E-state index is 13.3. The Kier molecular flexibility index (Phi) is 4.85. The van der Waals surface area contributed by atoms with Crippen LogP contribution in [0.15, 0.2) is 42.6 Å². The fourth-order valence-corrected chi connectivity index (χ4v) is 4.79. The molecule has 1 atom stereocenters. The normalized spacial score (nSPS) is 18.9. The number of sulfone groups is 1. The highest BCUT2D eigenvalue weighted by Crippen LogP contribution is 2.19. The number of hydrogen-bond acceptors (Lipinski definition) is 4. The second-order valence-electron chi connectivity index (χ2n) is 6.32. The van der Waals surface area contributed by atoms with Crippen molar-refractivity contribution in [2.24, 2.45) is 0 Å². The minimum absolute atomic E-state index is 0.0104. The zero-order valence-electron chi connectivity index (χ0n) is 13.9. The Bertz CT molecular complexity index is 899. The molecule has 2 aromatic rings. The van der Waals surface area contributed by atoms with Crippen molar-refractivity contribution < 1.29 is 17.6 Å². The number of rotatable bonds is 4. The van der Waals surface area contributed by atoms with Gasteiger partial charge in [-0.1, -0.05) is 12.1 Å². The van der Waals surface area contributed by atoms with Crippen LogP contribution < -0.4 is 0 Å². The molecule has 1 aliphatic heterocycles. The lowest BCUT2D eigenvalue weighted by Gasteiger charge is -2.23. The van der Waals surface area contributed by atoms with E-state index in [0.717, 1.165) is 5.56 Å². The van der Waals surface area contributed by atoms with E-state index in [1.165, 1.54) is 17.0 Å². The molecule has 1 saturated heterocycles. The summed E-state index contributed by atoms with van der Waals surface area (Å²) in [5, 5.41) is 0. The molecule has 0 spiro atoms. The van der Waals surface area contributed by atoms with Crippen molar-refractivity contribution in [3.8, 4) is 0 Å². The minimum atomic E-state index is -3.05. The van der Waals surface area contributed by atoms with Gasteiger partial charge in [-0.15, -0.1) is 0 Å². The molecular formula is C18H19FN2O3S. The van der Waals surface area contributed by atoms with Gasteiger partial charge in [0, 0.05) is 37.0 Å². The van der Waals surface area contributed by atoms with Crippen LogP contribution in [-0.2, 0) is 16.3 Å². The van der Waals surface area contributed by atoms with Gasteiger partial charge in [-0.05, 0) is 36.2 Å².